The van der Waals surface area contributed by atoms with Gasteiger partial charge in [0.25, 0.3) is 0 Å². The van der Waals surface area contributed by atoms with Gasteiger partial charge in [-0.2, -0.15) is 0 Å². The number of anilines is 1. The lowest BCUT2D eigenvalue weighted by molar-refractivity contribution is 0.189. The maximum Gasteiger partial charge on any atom is 0.318 e. The molecule has 1 N–H and O–H groups in total. The van der Waals surface area contributed by atoms with E-state index in [1.807, 2.05) is 29.2 Å². The minimum Gasteiger partial charge on any atom is -0.368 e. The van der Waals surface area contributed by atoms with E-state index in [-0.39, 0.29) is 17.4 Å². The zero-order valence-corrected chi connectivity index (χ0v) is 15.2. The van der Waals surface area contributed by atoms with E-state index in [4.69, 9.17) is 11.6 Å². The second kappa shape index (κ2) is 6.80. The van der Waals surface area contributed by atoms with Crippen molar-refractivity contribution in [1.29, 1.82) is 0 Å². The molecule has 2 amide bonds. The second-order valence-corrected chi connectivity index (χ2v) is 7.41. The molecule has 136 valence electrons. The van der Waals surface area contributed by atoms with E-state index in [0.717, 1.165) is 42.2 Å². The van der Waals surface area contributed by atoms with E-state index in [2.05, 4.69) is 10.2 Å². The van der Waals surface area contributed by atoms with Gasteiger partial charge in [-0.15, -0.1) is 0 Å². The molecule has 1 saturated heterocycles. The summed E-state index contributed by atoms with van der Waals surface area (Å²) in [5.41, 5.74) is 1.74. The molecule has 2 fully saturated rings. The van der Waals surface area contributed by atoms with E-state index >= 15 is 0 Å². The SMILES string of the molecule is O=C(NC1(c2ccc(F)cc2)CC1)N1CCN(c2cccc(Cl)c2)CC1. The Morgan fingerprint density at radius 2 is 1.73 bits per heavy atom. The van der Waals surface area contributed by atoms with Crippen LogP contribution in [0.1, 0.15) is 18.4 Å². The number of hydrogen-bond donors (Lipinski definition) is 1. The van der Waals surface area contributed by atoms with Gasteiger partial charge in [-0.25, -0.2) is 9.18 Å². The van der Waals surface area contributed by atoms with Crippen LogP contribution in [0.5, 0.6) is 0 Å². The van der Waals surface area contributed by atoms with Crippen LogP contribution < -0.4 is 10.2 Å². The van der Waals surface area contributed by atoms with Gasteiger partial charge in [0.15, 0.2) is 0 Å². The maximum atomic E-state index is 13.1. The summed E-state index contributed by atoms with van der Waals surface area (Å²) in [4.78, 5) is 16.8. The first-order valence-corrected chi connectivity index (χ1v) is 9.27. The average Bonchev–Trinajstić information content (AvgIpc) is 3.43. The Hall–Kier alpha value is -2.27. The highest BCUT2D eigenvalue weighted by molar-refractivity contribution is 6.30. The van der Waals surface area contributed by atoms with Crippen molar-refractivity contribution in [1.82, 2.24) is 10.2 Å². The van der Waals surface area contributed by atoms with Gasteiger partial charge >= 0.3 is 6.03 Å². The quantitative estimate of drug-likeness (QED) is 0.882. The van der Waals surface area contributed by atoms with E-state index in [9.17, 15) is 9.18 Å². The average molecular weight is 374 g/mol. The van der Waals surface area contributed by atoms with Crippen molar-refractivity contribution in [3.63, 3.8) is 0 Å². The monoisotopic (exact) mass is 373 g/mol. The Morgan fingerprint density at radius 1 is 1.04 bits per heavy atom. The number of amides is 2. The molecule has 0 aromatic heterocycles. The predicted octanol–water partition coefficient (Wildman–Crippen LogP) is 4.00. The third-order valence-corrected chi connectivity index (χ3v) is 5.47. The molecule has 4 nitrogen and oxygen atoms in total. The molecule has 6 heteroatoms. The molecule has 0 radical (unpaired) electrons. The summed E-state index contributed by atoms with van der Waals surface area (Å²) >= 11 is 6.07. The molecule has 0 atom stereocenters. The Bertz CT molecular complexity index is 799. The van der Waals surface area contributed by atoms with Crippen molar-refractivity contribution < 1.29 is 9.18 Å². The molecular formula is C20H21ClFN3O. The molecule has 1 aliphatic carbocycles. The lowest BCUT2D eigenvalue weighted by atomic mass is 10.1. The minimum atomic E-state index is -0.325. The first-order chi connectivity index (χ1) is 12.6. The van der Waals surface area contributed by atoms with Gasteiger partial charge in [0.1, 0.15) is 5.82 Å². The van der Waals surface area contributed by atoms with Gasteiger partial charge < -0.3 is 15.1 Å². The molecule has 1 heterocycles. The molecule has 0 unspecified atom stereocenters. The molecule has 4 rings (SSSR count). The lowest BCUT2D eigenvalue weighted by Gasteiger charge is -2.37. The highest BCUT2D eigenvalue weighted by Gasteiger charge is 2.46. The van der Waals surface area contributed by atoms with Gasteiger partial charge in [-0.3, -0.25) is 0 Å². The zero-order valence-electron chi connectivity index (χ0n) is 14.4. The van der Waals surface area contributed by atoms with Crippen molar-refractivity contribution in [2.24, 2.45) is 0 Å². The lowest BCUT2D eigenvalue weighted by Crippen LogP contribution is -2.53. The van der Waals surface area contributed by atoms with Crippen molar-refractivity contribution in [3.8, 4) is 0 Å². The molecule has 1 aliphatic heterocycles. The van der Waals surface area contributed by atoms with Crippen LogP contribution in [0, 0.1) is 5.82 Å². The highest BCUT2D eigenvalue weighted by atomic mass is 35.5. The molecule has 1 saturated carbocycles. The highest BCUT2D eigenvalue weighted by Crippen LogP contribution is 2.45. The number of nitrogens with zero attached hydrogens (tertiary/aromatic N) is 2. The number of carbonyl (C=O) groups is 1. The summed E-state index contributed by atoms with van der Waals surface area (Å²) in [6.07, 6.45) is 1.79. The van der Waals surface area contributed by atoms with E-state index < -0.39 is 0 Å². The number of halogens is 2. The van der Waals surface area contributed by atoms with Crippen molar-refractivity contribution in [3.05, 3.63) is 64.9 Å². The van der Waals surface area contributed by atoms with Gasteiger partial charge in [-0.1, -0.05) is 29.8 Å². The number of rotatable bonds is 3. The number of piperazine rings is 1. The molecular weight excluding hydrogens is 353 g/mol. The molecule has 2 aliphatic rings. The van der Waals surface area contributed by atoms with Crippen LogP contribution in [0.25, 0.3) is 0 Å². The summed E-state index contributed by atoms with van der Waals surface area (Å²) in [5.74, 6) is -0.256. The fourth-order valence-electron chi connectivity index (χ4n) is 3.50. The minimum absolute atomic E-state index is 0.0439. The first kappa shape index (κ1) is 17.2. The van der Waals surface area contributed by atoms with E-state index in [1.54, 1.807) is 12.1 Å². The Balaban J connectivity index is 1.36. The normalized spacial score (nSPS) is 18.5. The zero-order chi connectivity index (χ0) is 18.1. The fourth-order valence-corrected chi connectivity index (χ4v) is 3.69. The fraction of sp³-hybridized carbons (Fsp3) is 0.350. The first-order valence-electron chi connectivity index (χ1n) is 8.89. The van der Waals surface area contributed by atoms with Crippen LogP contribution >= 0.6 is 11.6 Å². The molecule has 0 bridgehead atoms. The van der Waals surface area contributed by atoms with Crippen LogP contribution in [0.3, 0.4) is 0 Å². The largest absolute Gasteiger partial charge is 0.368 e. The number of hydrogen-bond acceptors (Lipinski definition) is 2. The van der Waals surface area contributed by atoms with Crippen LogP contribution in [0.4, 0.5) is 14.9 Å². The molecule has 2 aromatic carbocycles. The van der Waals surface area contributed by atoms with Gasteiger partial charge in [0.05, 0.1) is 5.54 Å². The number of urea groups is 1. The predicted molar refractivity (Wildman–Crippen MR) is 101 cm³/mol. The van der Waals surface area contributed by atoms with Crippen LogP contribution in [-0.4, -0.2) is 37.1 Å². The van der Waals surface area contributed by atoms with Crippen molar-refractivity contribution in [2.45, 2.75) is 18.4 Å². The van der Waals surface area contributed by atoms with E-state index in [0.29, 0.717) is 13.1 Å². The van der Waals surface area contributed by atoms with Gasteiger partial charge in [-0.05, 0) is 48.7 Å². The third-order valence-electron chi connectivity index (χ3n) is 5.23. The van der Waals surface area contributed by atoms with Crippen LogP contribution in [0.15, 0.2) is 48.5 Å². The summed E-state index contributed by atoms with van der Waals surface area (Å²) < 4.78 is 13.1. The topological polar surface area (TPSA) is 35.6 Å². The van der Waals surface area contributed by atoms with Gasteiger partial charge in [0.2, 0.25) is 0 Å². The maximum absolute atomic E-state index is 13.1. The molecule has 26 heavy (non-hydrogen) atoms. The van der Waals surface area contributed by atoms with Crippen LogP contribution in [-0.2, 0) is 5.54 Å². The van der Waals surface area contributed by atoms with Crippen molar-refractivity contribution >= 4 is 23.3 Å². The summed E-state index contributed by atoms with van der Waals surface area (Å²) in [6.45, 7) is 2.88. The number of benzene rings is 2. The van der Waals surface area contributed by atoms with Crippen LogP contribution in [0.2, 0.25) is 5.02 Å². The summed E-state index contributed by atoms with van der Waals surface area (Å²) in [7, 11) is 0. The molecule has 2 aromatic rings. The number of nitrogens with one attached hydrogen (secondary N) is 1. The summed E-state index contributed by atoms with van der Waals surface area (Å²) in [6, 6.07) is 14.2. The standard InChI is InChI=1S/C20H21ClFN3O/c21-16-2-1-3-18(14-16)24-10-12-25(13-11-24)19(26)23-20(8-9-20)15-4-6-17(22)7-5-15/h1-7,14H,8-13H2,(H,23,26). The second-order valence-electron chi connectivity index (χ2n) is 6.97. The van der Waals surface area contributed by atoms with Gasteiger partial charge in [0, 0.05) is 36.9 Å². The number of carbonyl (C=O) groups excluding carboxylic acids is 1. The smallest absolute Gasteiger partial charge is 0.318 e. The Morgan fingerprint density at radius 3 is 2.35 bits per heavy atom. The Labute approximate surface area is 157 Å². The third kappa shape index (κ3) is 3.49. The Kier molecular flexibility index (Phi) is 4.49. The van der Waals surface area contributed by atoms with Crippen molar-refractivity contribution in [2.75, 3.05) is 31.1 Å². The summed E-state index contributed by atoms with van der Waals surface area (Å²) in [5, 5.41) is 3.88. The van der Waals surface area contributed by atoms with E-state index in [1.165, 1.54) is 12.1 Å². The molecule has 0 spiro atoms.